The second kappa shape index (κ2) is 3.96. The Morgan fingerprint density at radius 1 is 1.12 bits per heavy atom. The molecule has 0 saturated heterocycles. The van der Waals surface area contributed by atoms with Gasteiger partial charge in [-0.25, -0.2) is 0 Å². The van der Waals surface area contributed by atoms with Gasteiger partial charge in [-0.05, 0) is 48.7 Å². The quantitative estimate of drug-likeness (QED) is 0.807. The first-order valence-corrected chi connectivity index (χ1v) is 5.86. The van der Waals surface area contributed by atoms with Crippen molar-refractivity contribution in [2.45, 2.75) is 35.2 Å². The molecule has 88 valence electrons. The average molecular weight is 247 g/mol. The molecule has 1 saturated carbocycles. The van der Waals surface area contributed by atoms with Gasteiger partial charge in [-0.15, -0.1) is 0 Å². The first-order chi connectivity index (χ1) is 7.39. The standard InChI is InChI=1S/C11H12F3NS/c12-11(13,14)16-9-4-2-8(3-5-9)10(15)6-1-7-10/h2-5H,1,6-7,15H2. The maximum absolute atomic E-state index is 12.1. The molecular formula is C11H12F3NS. The van der Waals surface area contributed by atoms with E-state index in [4.69, 9.17) is 5.73 Å². The number of hydrogen-bond donors (Lipinski definition) is 1. The van der Waals surface area contributed by atoms with Gasteiger partial charge in [0.15, 0.2) is 0 Å². The third-order valence-corrected chi connectivity index (χ3v) is 3.65. The van der Waals surface area contributed by atoms with E-state index in [2.05, 4.69) is 0 Å². The molecule has 0 spiro atoms. The molecule has 1 fully saturated rings. The zero-order valence-corrected chi connectivity index (χ0v) is 9.37. The van der Waals surface area contributed by atoms with Crippen molar-refractivity contribution >= 4 is 11.8 Å². The Balaban J connectivity index is 2.10. The van der Waals surface area contributed by atoms with Gasteiger partial charge in [0.1, 0.15) is 0 Å². The molecular weight excluding hydrogens is 235 g/mol. The monoisotopic (exact) mass is 247 g/mol. The lowest BCUT2D eigenvalue weighted by molar-refractivity contribution is -0.0328. The molecule has 1 aliphatic rings. The molecule has 1 aliphatic carbocycles. The topological polar surface area (TPSA) is 26.0 Å². The van der Waals surface area contributed by atoms with Crippen LogP contribution in [0.2, 0.25) is 0 Å². The summed E-state index contributed by atoms with van der Waals surface area (Å²) in [7, 11) is 0. The number of halogens is 3. The minimum Gasteiger partial charge on any atom is -0.321 e. The minimum absolute atomic E-state index is 0.0951. The third-order valence-electron chi connectivity index (χ3n) is 2.91. The molecule has 0 atom stereocenters. The van der Waals surface area contributed by atoms with E-state index < -0.39 is 5.51 Å². The zero-order chi connectivity index (χ0) is 11.8. The molecule has 0 heterocycles. The summed E-state index contributed by atoms with van der Waals surface area (Å²) in [6, 6.07) is 6.38. The Morgan fingerprint density at radius 3 is 2.06 bits per heavy atom. The molecule has 0 radical (unpaired) electrons. The van der Waals surface area contributed by atoms with Crippen LogP contribution < -0.4 is 5.73 Å². The van der Waals surface area contributed by atoms with Crippen molar-refractivity contribution in [3.8, 4) is 0 Å². The van der Waals surface area contributed by atoms with Gasteiger partial charge < -0.3 is 5.73 Å². The van der Waals surface area contributed by atoms with Crippen LogP contribution in [-0.2, 0) is 5.54 Å². The van der Waals surface area contributed by atoms with Crippen LogP contribution in [0.1, 0.15) is 24.8 Å². The Hall–Kier alpha value is -0.680. The molecule has 2 rings (SSSR count). The highest BCUT2D eigenvalue weighted by molar-refractivity contribution is 8.00. The normalized spacial score (nSPS) is 19.2. The first kappa shape index (κ1) is 11.8. The molecule has 1 aromatic rings. The summed E-state index contributed by atoms with van der Waals surface area (Å²) in [5, 5.41) is 0. The second-order valence-electron chi connectivity index (χ2n) is 4.08. The maximum atomic E-state index is 12.1. The van der Waals surface area contributed by atoms with Crippen molar-refractivity contribution in [2.75, 3.05) is 0 Å². The van der Waals surface area contributed by atoms with Crippen molar-refractivity contribution in [3.05, 3.63) is 29.8 Å². The Kier molecular flexibility index (Phi) is 2.92. The van der Waals surface area contributed by atoms with Gasteiger partial charge in [-0.2, -0.15) is 13.2 Å². The summed E-state index contributed by atoms with van der Waals surface area (Å²) in [6.07, 6.45) is 2.92. The molecule has 1 nitrogen and oxygen atoms in total. The van der Waals surface area contributed by atoms with Crippen molar-refractivity contribution in [3.63, 3.8) is 0 Å². The summed E-state index contributed by atoms with van der Waals surface area (Å²) in [6.45, 7) is 0. The SMILES string of the molecule is NC1(c2ccc(SC(F)(F)F)cc2)CCC1. The molecule has 0 unspecified atom stereocenters. The average Bonchev–Trinajstić information content (AvgIpc) is 2.13. The fourth-order valence-corrected chi connectivity index (χ4v) is 2.37. The minimum atomic E-state index is -4.22. The van der Waals surface area contributed by atoms with E-state index in [1.165, 1.54) is 12.1 Å². The van der Waals surface area contributed by atoms with E-state index in [0.29, 0.717) is 0 Å². The molecule has 16 heavy (non-hydrogen) atoms. The van der Waals surface area contributed by atoms with Crippen LogP contribution in [0.4, 0.5) is 13.2 Å². The predicted octanol–water partition coefficient (Wildman–Crippen LogP) is 3.64. The summed E-state index contributed by atoms with van der Waals surface area (Å²) in [4.78, 5) is 0.208. The second-order valence-corrected chi connectivity index (χ2v) is 5.22. The van der Waals surface area contributed by atoms with Gasteiger partial charge >= 0.3 is 5.51 Å². The van der Waals surface area contributed by atoms with Crippen molar-refractivity contribution in [1.29, 1.82) is 0 Å². The van der Waals surface area contributed by atoms with E-state index >= 15 is 0 Å². The number of rotatable bonds is 2. The zero-order valence-electron chi connectivity index (χ0n) is 8.55. The first-order valence-electron chi connectivity index (χ1n) is 5.04. The summed E-state index contributed by atoms with van der Waals surface area (Å²) >= 11 is -0.0951. The molecule has 5 heteroatoms. The molecule has 0 bridgehead atoms. The van der Waals surface area contributed by atoms with E-state index in [1.54, 1.807) is 12.1 Å². The van der Waals surface area contributed by atoms with Crippen LogP contribution in [0, 0.1) is 0 Å². The molecule has 0 aliphatic heterocycles. The van der Waals surface area contributed by atoms with Crippen molar-refractivity contribution in [2.24, 2.45) is 5.73 Å². The third kappa shape index (κ3) is 2.52. The van der Waals surface area contributed by atoms with E-state index in [0.717, 1.165) is 24.8 Å². The summed E-state index contributed by atoms with van der Waals surface area (Å²) in [5.74, 6) is 0. The number of nitrogens with two attached hydrogens (primary N) is 1. The molecule has 0 aromatic heterocycles. The lowest BCUT2D eigenvalue weighted by atomic mass is 9.73. The highest BCUT2D eigenvalue weighted by Gasteiger charge is 2.34. The maximum Gasteiger partial charge on any atom is 0.446 e. The number of alkyl halides is 3. The Labute approximate surface area is 96.2 Å². The van der Waals surface area contributed by atoms with Crippen LogP contribution >= 0.6 is 11.8 Å². The Morgan fingerprint density at radius 2 is 1.69 bits per heavy atom. The van der Waals surface area contributed by atoms with Gasteiger partial charge in [-0.1, -0.05) is 12.1 Å². The fourth-order valence-electron chi connectivity index (χ4n) is 1.83. The lowest BCUT2D eigenvalue weighted by Crippen LogP contribution is -2.43. The van der Waals surface area contributed by atoms with E-state index in [9.17, 15) is 13.2 Å². The van der Waals surface area contributed by atoms with Crippen molar-refractivity contribution in [1.82, 2.24) is 0 Å². The molecule has 0 amide bonds. The number of hydrogen-bond acceptors (Lipinski definition) is 2. The van der Waals surface area contributed by atoms with Crippen LogP contribution in [0.15, 0.2) is 29.2 Å². The van der Waals surface area contributed by atoms with Crippen LogP contribution in [0.3, 0.4) is 0 Å². The van der Waals surface area contributed by atoms with Gasteiger partial charge in [0, 0.05) is 10.4 Å². The van der Waals surface area contributed by atoms with E-state index in [-0.39, 0.29) is 22.2 Å². The molecule has 1 aromatic carbocycles. The van der Waals surface area contributed by atoms with Crippen LogP contribution in [-0.4, -0.2) is 5.51 Å². The van der Waals surface area contributed by atoms with Crippen LogP contribution in [0.5, 0.6) is 0 Å². The largest absolute Gasteiger partial charge is 0.446 e. The van der Waals surface area contributed by atoms with E-state index in [1.807, 2.05) is 0 Å². The molecule has 2 N–H and O–H groups in total. The number of thioether (sulfide) groups is 1. The Bertz CT molecular complexity index is 368. The smallest absolute Gasteiger partial charge is 0.321 e. The van der Waals surface area contributed by atoms with Gasteiger partial charge in [0.25, 0.3) is 0 Å². The summed E-state index contributed by atoms with van der Waals surface area (Å²) < 4.78 is 36.3. The highest BCUT2D eigenvalue weighted by atomic mass is 32.2. The summed E-state index contributed by atoms with van der Waals surface area (Å²) in [5.41, 5.74) is 2.48. The number of benzene rings is 1. The lowest BCUT2D eigenvalue weighted by Gasteiger charge is -2.38. The van der Waals surface area contributed by atoms with Gasteiger partial charge in [0.2, 0.25) is 0 Å². The van der Waals surface area contributed by atoms with Crippen molar-refractivity contribution < 1.29 is 13.2 Å². The fraction of sp³-hybridized carbons (Fsp3) is 0.455. The van der Waals surface area contributed by atoms with Gasteiger partial charge in [0.05, 0.1) is 0 Å². The van der Waals surface area contributed by atoms with Gasteiger partial charge in [-0.3, -0.25) is 0 Å². The predicted molar refractivity (Wildman–Crippen MR) is 58.1 cm³/mol. The highest BCUT2D eigenvalue weighted by Crippen LogP contribution is 2.41. The van der Waals surface area contributed by atoms with Crippen LogP contribution in [0.25, 0.3) is 0 Å².